The normalized spacial score (nSPS) is 16.2. The van der Waals surface area contributed by atoms with Gasteiger partial charge < -0.3 is 19.5 Å². The number of ether oxygens (including phenoxy) is 2. The minimum absolute atomic E-state index is 0.0457. The summed E-state index contributed by atoms with van der Waals surface area (Å²) >= 11 is 0. The molecule has 0 unspecified atom stereocenters. The third kappa shape index (κ3) is 5.55. The van der Waals surface area contributed by atoms with Crippen molar-refractivity contribution in [2.24, 2.45) is 0 Å². The van der Waals surface area contributed by atoms with E-state index in [2.05, 4.69) is 5.32 Å². The average molecular weight is 461 g/mol. The molecule has 7 nitrogen and oxygen atoms in total. The molecule has 0 saturated carbocycles. The molecule has 0 spiro atoms. The maximum Gasteiger partial charge on any atom is 0.320 e. The molecule has 1 aliphatic heterocycles. The van der Waals surface area contributed by atoms with Crippen LogP contribution in [0.25, 0.3) is 0 Å². The molecule has 1 aliphatic rings. The Morgan fingerprint density at radius 1 is 1.06 bits per heavy atom. The maximum absolute atomic E-state index is 13.6. The molecule has 3 aromatic rings. The third-order valence-corrected chi connectivity index (χ3v) is 5.89. The summed E-state index contributed by atoms with van der Waals surface area (Å²) < 4.78 is 11.2. The van der Waals surface area contributed by atoms with E-state index in [0.29, 0.717) is 30.8 Å². The van der Waals surface area contributed by atoms with Crippen LogP contribution in [-0.2, 0) is 22.6 Å². The molecule has 7 heteroatoms. The molecule has 176 valence electrons. The Bertz CT molecular complexity index is 1120. The minimum Gasteiger partial charge on any atom is -0.497 e. The summed E-state index contributed by atoms with van der Waals surface area (Å²) in [6.07, 6.45) is 0.941. The van der Waals surface area contributed by atoms with Crippen LogP contribution in [0.4, 0.5) is 5.69 Å². The van der Waals surface area contributed by atoms with Crippen molar-refractivity contribution in [1.29, 1.82) is 0 Å². The molecular formula is C27H28N2O5. The summed E-state index contributed by atoms with van der Waals surface area (Å²) in [5.41, 5.74) is 2.62. The summed E-state index contributed by atoms with van der Waals surface area (Å²) in [5.74, 6) is 0.0979. The van der Waals surface area contributed by atoms with E-state index in [9.17, 15) is 14.7 Å². The number of hydrogen-bond donors (Lipinski definition) is 2. The largest absolute Gasteiger partial charge is 0.497 e. The molecule has 0 saturated heterocycles. The number of carboxylic acid groups (broad SMARTS) is 1. The lowest BCUT2D eigenvalue weighted by atomic mass is 10.0. The molecule has 4 rings (SSSR count). The van der Waals surface area contributed by atoms with Crippen molar-refractivity contribution in [3.63, 3.8) is 0 Å². The lowest BCUT2D eigenvalue weighted by Gasteiger charge is -2.26. The first-order valence-electron chi connectivity index (χ1n) is 11.2. The Balaban J connectivity index is 1.54. The zero-order valence-corrected chi connectivity index (χ0v) is 19.0. The number of amides is 1. The monoisotopic (exact) mass is 460 g/mol. The SMILES string of the molecule is COc1ccc(CN2C(=O)[C@@H](N[C@@H](CCc3ccccc3)C(=O)O)COc3ccccc32)cc1. The van der Waals surface area contributed by atoms with Crippen molar-refractivity contribution >= 4 is 17.6 Å². The highest BCUT2D eigenvalue weighted by Gasteiger charge is 2.34. The van der Waals surface area contributed by atoms with Gasteiger partial charge in [0, 0.05) is 0 Å². The summed E-state index contributed by atoms with van der Waals surface area (Å²) in [7, 11) is 1.61. The molecule has 0 fully saturated rings. The van der Waals surface area contributed by atoms with Gasteiger partial charge in [-0.2, -0.15) is 0 Å². The Morgan fingerprint density at radius 3 is 2.47 bits per heavy atom. The van der Waals surface area contributed by atoms with Crippen LogP contribution in [0.1, 0.15) is 17.5 Å². The van der Waals surface area contributed by atoms with Crippen LogP contribution in [0.15, 0.2) is 78.9 Å². The van der Waals surface area contributed by atoms with Crippen molar-refractivity contribution in [3.05, 3.63) is 90.0 Å². The van der Waals surface area contributed by atoms with E-state index in [1.807, 2.05) is 78.9 Å². The van der Waals surface area contributed by atoms with Gasteiger partial charge in [-0.05, 0) is 48.2 Å². The number of anilines is 1. The van der Waals surface area contributed by atoms with Gasteiger partial charge in [0.2, 0.25) is 5.91 Å². The predicted molar refractivity (Wildman–Crippen MR) is 129 cm³/mol. The first kappa shape index (κ1) is 23.3. The fourth-order valence-corrected chi connectivity index (χ4v) is 4.03. The number of rotatable bonds is 9. The maximum atomic E-state index is 13.6. The third-order valence-electron chi connectivity index (χ3n) is 5.89. The first-order valence-corrected chi connectivity index (χ1v) is 11.2. The predicted octanol–water partition coefficient (Wildman–Crippen LogP) is 3.67. The quantitative estimate of drug-likeness (QED) is 0.507. The van der Waals surface area contributed by atoms with Crippen molar-refractivity contribution in [3.8, 4) is 11.5 Å². The molecule has 1 heterocycles. The molecule has 0 radical (unpaired) electrons. The van der Waals surface area contributed by atoms with Crippen LogP contribution in [0.2, 0.25) is 0 Å². The van der Waals surface area contributed by atoms with Crippen LogP contribution < -0.4 is 19.7 Å². The number of para-hydroxylation sites is 2. The summed E-state index contributed by atoms with van der Waals surface area (Å²) in [4.78, 5) is 27.3. The van der Waals surface area contributed by atoms with E-state index in [0.717, 1.165) is 16.9 Å². The van der Waals surface area contributed by atoms with Gasteiger partial charge in [0.05, 0.1) is 19.3 Å². The molecule has 2 atom stereocenters. The lowest BCUT2D eigenvalue weighted by Crippen LogP contribution is -2.53. The van der Waals surface area contributed by atoms with Gasteiger partial charge in [0.1, 0.15) is 30.2 Å². The van der Waals surface area contributed by atoms with Crippen LogP contribution in [0.3, 0.4) is 0 Å². The zero-order chi connectivity index (χ0) is 23.9. The second-order valence-electron chi connectivity index (χ2n) is 8.19. The second kappa shape index (κ2) is 10.9. The number of hydrogen-bond acceptors (Lipinski definition) is 5. The number of benzene rings is 3. The fraction of sp³-hybridized carbons (Fsp3) is 0.259. The molecule has 0 aromatic heterocycles. The molecule has 0 aliphatic carbocycles. The summed E-state index contributed by atoms with van der Waals surface area (Å²) in [5, 5.41) is 12.9. The number of aryl methyl sites for hydroxylation is 1. The number of carbonyl (C=O) groups is 2. The molecule has 0 bridgehead atoms. The van der Waals surface area contributed by atoms with Crippen LogP contribution in [-0.4, -0.2) is 42.8 Å². The minimum atomic E-state index is -0.993. The standard InChI is InChI=1S/C27H28N2O5/c1-33-21-14-11-20(12-15-21)17-29-24-9-5-6-10-25(24)34-18-23(26(29)30)28-22(27(31)32)16-13-19-7-3-2-4-8-19/h2-12,14-15,22-23,28H,13,16-18H2,1H3,(H,31,32)/t22-,23-/m0/s1. The van der Waals surface area contributed by atoms with E-state index < -0.39 is 18.1 Å². The number of carboxylic acids is 1. The summed E-state index contributed by atoms with van der Waals surface area (Å²) in [6, 6.07) is 22.9. The lowest BCUT2D eigenvalue weighted by molar-refractivity contribution is -0.140. The van der Waals surface area contributed by atoms with Gasteiger partial charge in [0.15, 0.2) is 0 Å². The highest BCUT2D eigenvalue weighted by atomic mass is 16.5. The Kier molecular flexibility index (Phi) is 7.44. The number of nitrogens with zero attached hydrogens (tertiary/aromatic N) is 1. The van der Waals surface area contributed by atoms with E-state index in [1.54, 1.807) is 12.0 Å². The second-order valence-corrected chi connectivity index (χ2v) is 8.19. The van der Waals surface area contributed by atoms with Crippen LogP contribution in [0.5, 0.6) is 11.5 Å². The number of methoxy groups -OCH3 is 1. The van der Waals surface area contributed by atoms with Crippen molar-refractivity contribution in [2.75, 3.05) is 18.6 Å². The van der Waals surface area contributed by atoms with Gasteiger partial charge in [0.25, 0.3) is 0 Å². The molecule has 1 amide bonds. The van der Waals surface area contributed by atoms with E-state index in [1.165, 1.54) is 0 Å². The van der Waals surface area contributed by atoms with E-state index in [-0.39, 0.29) is 12.5 Å². The van der Waals surface area contributed by atoms with Crippen LogP contribution in [0, 0.1) is 0 Å². The number of aliphatic carboxylic acids is 1. The summed E-state index contributed by atoms with van der Waals surface area (Å²) in [6.45, 7) is 0.368. The van der Waals surface area contributed by atoms with Gasteiger partial charge in [-0.1, -0.05) is 54.6 Å². The zero-order valence-electron chi connectivity index (χ0n) is 19.0. The highest BCUT2D eigenvalue weighted by molar-refractivity contribution is 5.99. The van der Waals surface area contributed by atoms with Gasteiger partial charge >= 0.3 is 5.97 Å². The Hall–Kier alpha value is -3.84. The number of nitrogens with one attached hydrogen (secondary N) is 1. The van der Waals surface area contributed by atoms with E-state index in [4.69, 9.17) is 9.47 Å². The fourth-order valence-electron chi connectivity index (χ4n) is 4.03. The Labute approximate surface area is 198 Å². The molecule has 34 heavy (non-hydrogen) atoms. The van der Waals surface area contributed by atoms with Crippen molar-refractivity contribution in [1.82, 2.24) is 5.32 Å². The van der Waals surface area contributed by atoms with Gasteiger partial charge in [-0.15, -0.1) is 0 Å². The van der Waals surface area contributed by atoms with E-state index >= 15 is 0 Å². The van der Waals surface area contributed by atoms with Crippen molar-refractivity contribution in [2.45, 2.75) is 31.5 Å². The first-order chi connectivity index (χ1) is 16.5. The Morgan fingerprint density at radius 2 is 1.76 bits per heavy atom. The van der Waals surface area contributed by atoms with Gasteiger partial charge in [-0.3, -0.25) is 14.9 Å². The van der Waals surface area contributed by atoms with Crippen LogP contribution >= 0.6 is 0 Å². The van der Waals surface area contributed by atoms with Gasteiger partial charge in [-0.25, -0.2) is 0 Å². The topological polar surface area (TPSA) is 88.1 Å². The smallest absolute Gasteiger partial charge is 0.320 e. The average Bonchev–Trinajstić information content (AvgIpc) is 2.99. The van der Waals surface area contributed by atoms with Crippen molar-refractivity contribution < 1.29 is 24.2 Å². The highest BCUT2D eigenvalue weighted by Crippen LogP contribution is 2.32. The number of fused-ring (bicyclic) bond motifs is 1. The molecule has 2 N–H and O–H groups in total. The molecular weight excluding hydrogens is 432 g/mol. The number of carbonyl (C=O) groups excluding carboxylic acids is 1. The molecule has 3 aromatic carbocycles.